The van der Waals surface area contributed by atoms with E-state index in [1.165, 1.54) is 23.2 Å². The average molecular weight is 357 g/mol. The van der Waals surface area contributed by atoms with Gasteiger partial charge in [-0.15, -0.1) is 11.8 Å². The molecule has 0 saturated carbocycles. The first-order valence-corrected chi connectivity index (χ1v) is 9.95. The van der Waals surface area contributed by atoms with Crippen LogP contribution in [0.25, 0.3) is 0 Å². The molecule has 1 aliphatic heterocycles. The van der Waals surface area contributed by atoms with Crippen LogP contribution in [0, 0.1) is 0 Å². The normalized spacial score (nSPS) is 20.3. The lowest BCUT2D eigenvalue weighted by Gasteiger charge is -2.30. The average Bonchev–Trinajstić information content (AvgIpc) is 2.53. The predicted molar refractivity (Wildman–Crippen MR) is 92.2 cm³/mol. The highest BCUT2D eigenvalue weighted by molar-refractivity contribution is 8.00. The van der Waals surface area contributed by atoms with Crippen LogP contribution in [0.15, 0.2) is 29.2 Å². The summed E-state index contributed by atoms with van der Waals surface area (Å²) in [6, 6.07) is 6.99. The zero-order valence-corrected chi connectivity index (χ0v) is 15.5. The Morgan fingerprint density at radius 2 is 1.87 bits per heavy atom. The molecule has 0 spiro atoms. The minimum atomic E-state index is -3.59. The zero-order chi connectivity index (χ0) is 17.3. The maximum atomic E-state index is 12.8. The van der Waals surface area contributed by atoms with E-state index in [1.54, 1.807) is 12.1 Å². The van der Waals surface area contributed by atoms with Crippen LogP contribution in [0.4, 0.5) is 0 Å². The SMILES string of the molecule is COC(=O)[C@@H]1CN(S(=O)(=O)c2ccc(C(C)(C)C)cc2)CCS1. The van der Waals surface area contributed by atoms with Gasteiger partial charge in [-0.1, -0.05) is 32.9 Å². The third-order valence-electron chi connectivity index (χ3n) is 3.85. The molecule has 1 heterocycles. The van der Waals surface area contributed by atoms with Gasteiger partial charge in [-0.25, -0.2) is 8.42 Å². The van der Waals surface area contributed by atoms with Gasteiger partial charge in [0.15, 0.2) is 0 Å². The fourth-order valence-corrected chi connectivity index (χ4v) is 5.19. The number of rotatable bonds is 3. The van der Waals surface area contributed by atoms with Gasteiger partial charge < -0.3 is 4.74 Å². The molecule has 1 atom stereocenters. The molecule has 1 fully saturated rings. The number of carbonyl (C=O) groups excluding carboxylic acids is 1. The number of nitrogens with zero attached hydrogens (tertiary/aromatic N) is 1. The first kappa shape index (κ1) is 18.3. The lowest BCUT2D eigenvalue weighted by atomic mass is 9.87. The molecule has 128 valence electrons. The van der Waals surface area contributed by atoms with Gasteiger partial charge in [0.05, 0.1) is 12.0 Å². The Kier molecular flexibility index (Phi) is 5.43. The quantitative estimate of drug-likeness (QED) is 0.777. The van der Waals surface area contributed by atoms with E-state index in [-0.39, 0.29) is 22.8 Å². The summed E-state index contributed by atoms with van der Waals surface area (Å²) in [5, 5.41) is -0.461. The summed E-state index contributed by atoms with van der Waals surface area (Å²) in [5.41, 5.74) is 1.05. The molecule has 1 aliphatic rings. The molecular weight excluding hydrogens is 334 g/mol. The van der Waals surface area contributed by atoms with Crippen LogP contribution in [-0.4, -0.2) is 49.9 Å². The third kappa shape index (κ3) is 4.08. The number of ether oxygens (including phenoxy) is 1. The molecule has 23 heavy (non-hydrogen) atoms. The molecule has 1 aromatic rings. The van der Waals surface area contributed by atoms with E-state index in [2.05, 4.69) is 20.8 Å². The van der Waals surface area contributed by atoms with Gasteiger partial charge in [-0.2, -0.15) is 4.31 Å². The minimum Gasteiger partial charge on any atom is -0.468 e. The fourth-order valence-electron chi connectivity index (χ4n) is 2.39. The number of thioether (sulfide) groups is 1. The van der Waals surface area contributed by atoms with E-state index in [4.69, 9.17) is 4.74 Å². The van der Waals surface area contributed by atoms with Crippen molar-refractivity contribution in [2.45, 2.75) is 36.3 Å². The van der Waals surface area contributed by atoms with E-state index in [0.717, 1.165) is 5.56 Å². The largest absolute Gasteiger partial charge is 0.468 e. The number of esters is 1. The van der Waals surface area contributed by atoms with Crippen LogP contribution < -0.4 is 0 Å². The topological polar surface area (TPSA) is 63.7 Å². The fraction of sp³-hybridized carbons (Fsp3) is 0.562. The molecule has 5 nitrogen and oxygen atoms in total. The van der Waals surface area contributed by atoms with Crippen molar-refractivity contribution < 1.29 is 17.9 Å². The number of methoxy groups -OCH3 is 1. The smallest absolute Gasteiger partial charge is 0.320 e. The second-order valence-corrected chi connectivity index (χ2v) is 9.77. The minimum absolute atomic E-state index is 0.0277. The van der Waals surface area contributed by atoms with Crippen LogP contribution in [0.3, 0.4) is 0 Å². The van der Waals surface area contributed by atoms with Crippen molar-refractivity contribution in [2.75, 3.05) is 26.0 Å². The van der Waals surface area contributed by atoms with Gasteiger partial charge in [0.1, 0.15) is 5.25 Å². The van der Waals surface area contributed by atoms with Crippen molar-refractivity contribution in [1.82, 2.24) is 4.31 Å². The molecule has 0 amide bonds. The summed E-state index contributed by atoms with van der Waals surface area (Å²) in [6.45, 7) is 6.81. The lowest BCUT2D eigenvalue weighted by molar-refractivity contribution is -0.140. The zero-order valence-electron chi connectivity index (χ0n) is 13.9. The van der Waals surface area contributed by atoms with Crippen LogP contribution in [0.1, 0.15) is 26.3 Å². The number of benzene rings is 1. The first-order valence-electron chi connectivity index (χ1n) is 7.46. The summed E-state index contributed by atoms with van der Waals surface area (Å²) >= 11 is 1.44. The Hall–Kier alpha value is -1.05. The summed E-state index contributed by atoms with van der Waals surface area (Å²) in [5.74, 6) is 0.206. The molecular formula is C16H23NO4S2. The van der Waals surface area contributed by atoms with Gasteiger partial charge in [-0.05, 0) is 23.1 Å². The maximum Gasteiger partial charge on any atom is 0.320 e. The highest BCUT2D eigenvalue weighted by Crippen LogP contribution is 2.27. The molecule has 1 saturated heterocycles. The molecule has 1 aromatic carbocycles. The monoisotopic (exact) mass is 357 g/mol. The van der Waals surface area contributed by atoms with Crippen LogP contribution in [-0.2, 0) is 25.0 Å². The Bertz CT molecular complexity index is 662. The van der Waals surface area contributed by atoms with Gasteiger partial charge >= 0.3 is 5.97 Å². The van der Waals surface area contributed by atoms with Crippen LogP contribution >= 0.6 is 11.8 Å². The Balaban J connectivity index is 2.22. The number of sulfonamides is 1. The molecule has 0 N–H and O–H groups in total. The molecule has 0 aromatic heterocycles. The molecule has 0 aliphatic carbocycles. The Morgan fingerprint density at radius 1 is 1.26 bits per heavy atom. The van der Waals surface area contributed by atoms with Gasteiger partial charge in [0.2, 0.25) is 10.0 Å². The van der Waals surface area contributed by atoms with Gasteiger partial charge in [0.25, 0.3) is 0 Å². The van der Waals surface area contributed by atoms with E-state index >= 15 is 0 Å². The molecule has 7 heteroatoms. The van der Waals surface area contributed by atoms with Crippen molar-refractivity contribution in [3.63, 3.8) is 0 Å². The van der Waals surface area contributed by atoms with Crippen LogP contribution in [0.2, 0.25) is 0 Å². The summed E-state index contributed by atoms with van der Waals surface area (Å²) < 4.78 is 31.6. The molecule has 0 radical (unpaired) electrons. The van der Waals surface area contributed by atoms with Crippen molar-refractivity contribution in [3.8, 4) is 0 Å². The molecule has 0 unspecified atom stereocenters. The lowest BCUT2D eigenvalue weighted by Crippen LogP contribution is -2.44. The third-order valence-corrected chi connectivity index (χ3v) is 6.89. The van der Waals surface area contributed by atoms with Crippen LogP contribution in [0.5, 0.6) is 0 Å². The second-order valence-electron chi connectivity index (χ2n) is 6.52. The molecule has 0 bridgehead atoms. The van der Waals surface area contributed by atoms with E-state index < -0.39 is 15.3 Å². The highest BCUT2D eigenvalue weighted by Gasteiger charge is 2.34. The van der Waals surface area contributed by atoms with Crippen molar-refractivity contribution in [3.05, 3.63) is 29.8 Å². The second kappa shape index (κ2) is 6.83. The van der Waals surface area contributed by atoms with Gasteiger partial charge in [-0.3, -0.25) is 4.79 Å². The maximum absolute atomic E-state index is 12.8. The number of hydrogen-bond acceptors (Lipinski definition) is 5. The number of carbonyl (C=O) groups is 1. The predicted octanol–water partition coefficient (Wildman–Crippen LogP) is 2.26. The Labute approximate surface area is 142 Å². The van der Waals surface area contributed by atoms with Crippen molar-refractivity contribution in [2.24, 2.45) is 0 Å². The standard InChI is InChI=1S/C16H23NO4S2/c1-16(2,3)12-5-7-13(8-6-12)23(19,20)17-9-10-22-14(11-17)15(18)21-4/h5-8,14H,9-11H2,1-4H3/t14-/m0/s1. The van der Waals surface area contributed by atoms with E-state index in [9.17, 15) is 13.2 Å². The van der Waals surface area contributed by atoms with Crippen molar-refractivity contribution >= 4 is 27.8 Å². The summed E-state index contributed by atoms with van der Waals surface area (Å²) in [7, 11) is -2.27. The summed E-state index contributed by atoms with van der Waals surface area (Å²) in [6.07, 6.45) is 0. The van der Waals surface area contributed by atoms with Crippen molar-refractivity contribution in [1.29, 1.82) is 0 Å². The van der Waals surface area contributed by atoms with E-state index in [0.29, 0.717) is 12.3 Å². The number of hydrogen-bond donors (Lipinski definition) is 0. The first-order chi connectivity index (χ1) is 10.7. The van der Waals surface area contributed by atoms with Gasteiger partial charge in [0, 0.05) is 18.8 Å². The Morgan fingerprint density at radius 3 is 2.39 bits per heavy atom. The highest BCUT2D eigenvalue weighted by atomic mass is 32.2. The molecule has 2 rings (SSSR count). The summed E-state index contributed by atoms with van der Waals surface area (Å²) in [4.78, 5) is 11.9. The van der Waals surface area contributed by atoms with E-state index in [1.807, 2.05) is 12.1 Å².